The summed E-state index contributed by atoms with van der Waals surface area (Å²) in [6.45, 7) is 2.02. The van der Waals surface area contributed by atoms with Crippen LogP contribution in [0.2, 0.25) is 0 Å². The summed E-state index contributed by atoms with van der Waals surface area (Å²) in [5.41, 5.74) is 1.69. The molecule has 0 unspecified atom stereocenters. The first-order chi connectivity index (χ1) is 12.9. The zero-order valence-electron chi connectivity index (χ0n) is 15.8. The lowest BCUT2D eigenvalue weighted by Crippen LogP contribution is -2.27. The quantitative estimate of drug-likeness (QED) is 0.690. The van der Waals surface area contributed by atoms with Crippen molar-refractivity contribution < 1.29 is 33.3 Å². The second kappa shape index (κ2) is 8.98. The van der Waals surface area contributed by atoms with Gasteiger partial charge in [-0.15, -0.1) is 0 Å². The maximum atomic E-state index is 12.5. The second-order valence-electron chi connectivity index (χ2n) is 5.79. The highest BCUT2D eigenvalue weighted by molar-refractivity contribution is 5.97. The molecule has 0 atom stereocenters. The lowest BCUT2D eigenvalue weighted by molar-refractivity contribution is -0.136. The molecule has 0 saturated heterocycles. The molecule has 8 heteroatoms. The Morgan fingerprint density at radius 1 is 1.11 bits per heavy atom. The zero-order chi connectivity index (χ0) is 20.0. The van der Waals surface area contributed by atoms with E-state index in [1.807, 2.05) is 6.07 Å². The summed E-state index contributed by atoms with van der Waals surface area (Å²) in [5, 5.41) is 11.7. The van der Waals surface area contributed by atoms with Gasteiger partial charge in [-0.2, -0.15) is 0 Å². The number of methoxy groups -OCH3 is 3. The van der Waals surface area contributed by atoms with Gasteiger partial charge < -0.3 is 29.1 Å². The first-order valence-corrected chi connectivity index (χ1v) is 8.27. The smallest absolute Gasteiger partial charge is 0.311 e. The van der Waals surface area contributed by atoms with Gasteiger partial charge in [0.15, 0.2) is 11.5 Å². The van der Waals surface area contributed by atoms with E-state index in [1.165, 1.54) is 20.5 Å². The number of furan rings is 1. The van der Waals surface area contributed by atoms with Crippen molar-refractivity contribution in [2.45, 2.75) is 19.8 Å². The summed E-state index contributed by atoms with van der Waals surface area (Å²) in [6, 6.07) is 3.61. The molecule has 1 heterocycles. The van der Waals surface area contributed by atoms with E-state index in [4.69, 9.17) is 23.7 Å². The van der Waals surface area contributed by atoms with Gasteiger partial charge in [0.1, 0.15) is 12.2 Å². The molecule has 1 aromatic heterocycles. The minimum atomic E-state index is -1.06. The van der Waals surface area contributed by atoms with Gasteiger partial charge in [0, 0.05) is 17.7 Å². The Labute approximate surface area is 157 Å². The van der Waals surface area contributed by atoms with Crippen LogP contribution in [0.15, 0.2) is 22.8 Å². The number of hydrogen-bond donors (Lipinski definition) is 2. The van der Waals surface area contributed by atoms with Gasteiger partial charge in [0.25, 0.3) is 5.91 Å². The zero-order valence-corrected chi connectivity index (χ0v) is 15.8. The summed E-state index contributed by atoms with van der Waals surface area (Å²) in [5.74, 6) is 0.275. The topological polar surface area (TPSA) is 107 Å². The summed E-state index contributed by atoms with van der Waals surface area (Å²) in [4.78, 5) is 23.4. The highest BCUT2D eigenvalue weighted by atomic mass is 16.5. The molecule has 0 spiro atoms. The first kappa shape index (κ1) is 20.2. The van der Waals surface area contributed by atoms with Crippen LogP contribution in [0.5, 0.6) is 17.2 Å². The number of aliphatic carboxylic acids is 1. The summed E-state index contributed by atoms with van der Waals surface area (Å²) in [6.07, 6.45) is 1.52. The standard InChI is InChI=1S/C19H23NO7/c1-11-10-27-14(9-15(21)22)16(11)19(23)20-8-7-12-5-6-13(24-2)18(26-4)17(12)25-3/h5-6,10H,7-9H2,1-4H3,(H,20,23)(H,21,22). The molecule has 146 valence electrons. The molecule has 0 saturated carbocycles. The molecule has 2 N–H and O–H groups in total. The van der Waals surface area contributed by atoms with Gasteiger partial charge in [-0.25, -0.2) is 0 Å². The number of nitrogens with one attached hydrogen (secondary N) is 1. The molecule has 0 fully saturated rings. The lowest BCUT2D eigenvalue weighted by atomic mass is 10.1. The number of carboxylic acid groups (broad SMARTS) is 1. The van der Waals surface area contributed by atoms with Gasteiger partial charge in [0.05, 0.1) is 33.2 Å². The van der Waals surface area contributed by atoms with Crippen LogP contribution in [0.3, 0.4) is 0 Å². The van der Waals surface area contributed by atoms with Gasteiger partial charge in [-0.3, -0.25) is 9.59 Å². The fourth-order valence-electron chi connectivity index (χ4n) is 2.83. The number of ether oxygens (including phenoxy) is 3. The summed E-state index contributed by atoms with van der Waals surface area (Å²) >= 11 is 0. The van der Waals surface area contributed by atoms with Crippen molar-refractivity contribution in [1.29, 1.82) is 0 Å². The van der Waals surface area contributed by atoms with E-state index in [0.29, 0.717) is 35.8 Å². The molecule has 2 aromatic rings. The van der Waals surface area contributed by atoms with Crippen molar-refractivity contribution in [2.24, 2.45) is 0 Å². The first-order valence-electron chi connectivity index (χ1n) is 8.27. The molecule has 1 aromatic carbocycles. The predicted molar refractivity (Wildman–Crippen MR) is 96.9 cm³/mol. The second-order valence-corrected chi connectivity index (χ2v) is 5.79. The number of benzene rings is 1. The van der Waals surface area contributed by atoms with Crippen molar-refractivity contribution in [1.82, 2.24) is 5.32 Å². The Bertz CT molecular complexity index is 826. The van der Waals surface area contributed by atoms with Crippen LogP contribution >= 0.6 is 0 Å². The molecular formula is C19H23NO7. The number of amides is 1. The largest absolute Gasteiger partial charge is 0.493 e. The van der Waals surface area contributed by atoms with Crippen LogP contribution in [-0.4, -0.2) is 44.9 Å². The molecular weight excluding hydrogens is 354 g/mol. The SMILES string of the molecule is COc1ccc(CCNC(=O)c2c(C)coc2CC(=O)O)c(OC)c1OC. The fraction of sp³-hybridized carbons (Fsp3) is 0.368. The average molecular weight is 377 g/mol. The van der Waals surface area contributed by atoms with Crippen molar-refractivity contribution in [3.05, 3.63) is 40.8 Å². The van der Waals surface area contributed by atoms with Crippen molar-refractivity contribution in [3.8, 4) is 17.2 Å². The van der Waals surface area contributed by atoms with Gasteiger partial charge in [-0.05, 0) is 19.4 Å². The highest BCUT2D eigenvalue weighted by Crippen LogP contribution is 2.39. The Morgan fingerprint density at radius 2 is 1.81 bits per heavy atom. The van der Waals surface area contributed by atoms with E-state index in [2.05, 4.69) is 5.32 Å². The Kier molecular flexibility index (Phi) is 6.70. The normalized spacial score (nSPS) is 10.4. The van der Waals surface area contributed by atoms with E-state index in [-0.39, 0.29) is 23.7 Å². The minimum Gasteiger partial charge on any atom is -0.493 e. The molecule has 0 aliphatic carbocycles. The molecule has 2 rings (SSSR count). The number of carboxylic acids is 1. The van der Waals surface area contributed by atoms with E-state index in [1.54, 1.807) is 20.1 Å². The third-order valence-corrected chi connectivity index (χ3v) is 4.06. The van der Waals surface area contributed by atoms with E-state index in [0.717, 1.165) is 5.56 Å². The molecule has 0 bridgehead atoms. The van der Waals surface area contributed by atoms with E-state index in [9.17, 15) is 9.59 Å². The number of rotatable bonds is 9. The third kappa shape index (κ3) is 4.52. The number of carbonyl (C=O) groups excluding carboxylic acids is 1. The van der Waals surface area contributed by atoms with Crippen LogP contribution in [-0.2, 0) is 17.6 Å². The van der Waals surface area contributed by atoms with Crippen molar-refractivity contribution in [3.63, 3.8) is 0 Å². The van der Waals surface area contributed by atoms with Crippen LogP contribution in [0.25, 0.3) is 0 Å². The third-order valence-electron chi connectivity index (χ3n) is 4.06. The average Bonchev–Trinajstić information content (AvgIpc) is 3.00. The van der Waals surface area contributed by atoms with Gasteiger partial charge in [-0.1, -0.05) is 6.07 Å². The maximum Gasteiger partial charge on any atom is 0.311 e. The Balaban J connectivity index is 2.10. The Hall–Kier alpha value is -3.16. The molecule has 1 amide bonds. The summed E-state index contributed by atoms with van der Waals surface area (Å²) < 4.78 is 21.2. The number of hydrogen-bond acceptors (Lipinski definition) is 6. The van der Waals surface area contributed by atoms with Crippen LogP contribution < -0.4 is 19.5 Å². The number of carbonyl (C=O) groups is 2. The lowest BCUT2D eigenvalue weighted by Gasteiger charge is -2.16. The number of aryl methyl sites for hydroxylation is 1. The molecule has 8 nitrogen and oxygen atoms in total. The monoisotopic (exact) mass is 377 g/mol. The van der Waals surface area contributed by atoms with E-state index < -0.39 is 5.97 Å². The van der Waals surface area contributed by atoms with Crippen LogP contribution in [0.4, 0.5) is 0 Å². The fourth-order valence-corrected chi connectivity index (χ4v) is 2.83. The van der Waals surface area contributed by atoms with Crippen LogP contribution in [0.1, 0.15) is 27.2 Å². The highest BCUT2D eigenvalue weighted by Gasteiger charge is 2.21. The van der Waals surface area contributed by atoms with Gasteiger partial charge >= 0.3 is 5.97 Å². The molecule has 27 heavy (non-hydrogen) atoms. The summed E-state index contributed by atoms with van der Waals surface area (Å²) in [7, 11) is 4.60. The Morgan fingerprint density at radius 3 is 2.41 bits per heavy atom. The minimum absolute atomic E-state index is 0.140. The van der Waals surface area contributed by atoms with Crippen molar-refractivity contribution >= 4 is 11.9 Å². The van der Waals surface area contributed by atoms with Crippen molar-refractivity contribution in [2.75, 3.05) is 27.9 Å². The molecule has 0 aliphatic rings. The maximum absolute atomic E-state index is 12.5. The van der Waals surface area contributed by atoms with Gasteiger partial charge in [0.2, 0.25) is 5.75 Å². The van der Waals surface area contributed by atoms with E-state index >= 15 is 0 Å². The molecule has 0 aliphatic heterocycles. The molecule has 0 radical (unpaired) electrons. The predicted octanol–water partition coefficient (Wildman–Crippen LogP) is 2.21. The van der Waals surface area contributed by atoms with Crippen LogP contribution in [0, 0.1) is 6.92 Å².